The van der Waals surface area contributed by atoms with Crippen LogP contribution in [-0.4, -0.2) is 54.3 Å². The fraction of sp³-hybridized carbons (Fsp3) is 1.00. The van der Waals surface area contributed by atoms with E-state index in [1.54, 1.807) is 7.11 Å². The van der Waals surface area contributed by atoms with Gasteiger partial charge in [0.15, 0.2) is 0 Å². The second-order valence-electron chi connectivity index (χ2n) is 6.04. The van der Waals surface area contributed by atoms with Crippen LogP contribution in [-0.2, 0) is 4.74 Å². The molecule has 100 valence electrons. The van der Waals surface area contributed by atoms with Crippen molar-refractivity contribution in [2.45, 2.75) is 37.0 Å². The molecule has 0 aromatic carbocycles. The van der Waals surface area contributed by atoms with E-state index in [0.29, 0.717) is 4.75 Å². The van der Waals surface area contributed by atoms with Crippen molar-refractivity contribution in [2.24, 2.45) is 11.7 Å². The minimum atomic E-state index is 0.104. The summed E-state index contributed by atoms with van der Waals surface area (Å²) >= 11 is 2.08. The number of hydrogen-bond donors (Lipinski definition) is 1. The third kappa shape index (κ3) is 2.80. The Hall–Kier alpha value is 0.230. The van der Waals surface area contributed by atoms with Gasteiger partial charge in [-0.1, -0.05) is 0 Å². The van der Waals surface area contributed by atoms with Crippen LogP contribution in [0.15, 0.2) is 0 Å². The van der Waals surface area contributed by atoms with Crippen LogP contribution in [0.1, 0.15) is 26.7 Å². The first-order chi connectivity index (χ1) is 8.04. The maximum Gasteiger partial charge on any atom is 0.0661 e. The average molecular weight is 258 g/mol. The Bertz CT molecular complexity index is 268. The first-order valence-electron chi connectivity index (χ1n) is 6.62. The molecule has 4 heteroatoms. The summed E-state index contributed by atoms with van der Waals surface area (Å²) in [5.74, 6) is 1.97. The molecule has 1 saturated heterocycles. The van der Waals surface area contributed by atoms with E-state index in [-0.39, 0.29) is 5.54 Å². The van der Waals surface area contributed by atoms with Crippen molar-refractivity contribution in [2.75, 3.05) is 39.1 Å². The molecule has 1 aliphatic carbocycles. The van der Waals surface area contributed by atoms with E-state index in [1.165, 1.54) is 18.6 Å². The molecule has 1 aliphatic heterocycles. The van der Waals surface area contributed by atoms with Crippen LogP contribution >= 0.6 is 11.8 Å². The molecule has 1 atom stereocenters. The van der Waals surface area contributed by atoms with E-state index in [2.05, 4.69) is 30.5 Å². The topological polar surface area (TPSA) is 38.5 Å². The van der Waals surface area contributed by atoms with E-state index in [4.69, 9.17) is 10.5 Å². The van der Waals surface area contributed by atoms with E-state index in [0.717, 1.165) is 32.2 Å². The minimum Gasteiger partial charge on any atom is -0.383 e. The number of methoxy groups -OCH3 is 1. The molecule has 1 saturated carbocycles. The number of rotatable bonds is 5. The minimum absolute atomic E-state index is 0.104. The van der Waals surface area contributed by atoms with Gasteiger partial charge in [-0.15, -0.1) is 0 Å². The van der Waals surface area contributed by atoms with Crippen LogP contribution in [0, 0.1) is 5.92 Å². The van der Waals surface area contributed by atoms with Crippen LogP contribution in [0.5, 0.6) is 0 Å². The summed E-state index contributed by atoms with van der Waals surface area (Å²) in [4.78, 5) is 2.62. The van der Waals surface area contributed by atoms with Gasteiger partial charge in [0.1, 0.15) is 0 Å². The molecule has 2 N–H and O–H groups in total. The summed E-state index contributed by atoms with van der Waals surface area (Å²) in [6.07, 6.45) is 2.65. The maximum absolute atomic E-state index is 6.13. The summed E-state index contributed by atoms with van der Waals surface area (Å²) in [7, 11) is 1.80. The lowest BCUT2D eigenvalue weighted by atomic mass is 9.90. The van der Waals surface area contributed by atoms with Crippen molar-refractivity contribution in [3.05, 3.63) is 0 Å². The second-order valence-corrected chi connectivity index (χ2v) is 7.85. The summed E-state index contributed by atoms with van der Waals surface area (Å²) in [5.41, 5.74) is 6.23. The fourth-order valence-corrected chi connectivity index (χ4v) is 4.20. The van der Waals surface area contributed by atoms with Gasteiger partial charge >= 0.3 is 0 Å². The van der Waals surface area contributed by atoms with E-state index < -0.39 is 0 Å². The number of hydrogen-bond acceptors (Lipinski definition) is 4. The van der Waals surface area contributed by atoms with Gasteiger partial charge in [0.25, 0.3) is 0 Å². The molecule has 2 aliphatic rings. The van der Waals surface area contributed by atoms with E-state index in [1.807, 2.05) is 0 Å². The molecule has 0 radical (unpaired) electrons. The molecule has 0 aromatic heterocycles. The Morgan fingerprint density at radius 2 is 2.18 bits per heavy atom. The Morgan fingerprint density at radius 1 is 1.47 bits per heavy atom. The van der Waals surface area contributed by atoms with Gasteiger partial charge in [-0.25, -0.2) is 0 Å². The molecule has 1 unspecified atom stereocenters. The summed E-state index contributed by atoms with van der Waals surface area (Å²) in [5, 5.41) is 0. The summed E-state index contributed by atoms with van der Waals surface area (Å²) in [6.45, 7) is 8.48. The van der Waals surface area contributed by atoms with Crippen LogP contribution in [0.2, 0.25) is 0 Å². The molecular formula is C13H26N2OS. The first-order valence-corrected chi connectivity index (χ1v) is 7.61. The van der Waals surface area contributed by atoms with Crippen LogP contribution in [0.25, 0.3) is 0 Å². The highest BCUT2D eigenvalue weighted by atomic mass is 32.2. The number of ether oxygens (including phenoxy) is 1. The molecule has 0 amide bonds. The summed E-state index contributed by atoms with van der Waals surface area (Å²) in [6, 6.07) is 0. The quantitative estimate of drug-likeness (QED) is 0.812. The smallest absolute Gasteiger partial charge is 0.0661 e. The highest BCUT2D eigenvalue weighted by molar-refractivity contribution is 8.00. The van der Waals surface area contributed by atoms with Crippen molar-refractivity contribution in [1.82, 2.24) is 4.90 Å². The van der Waals surface area contributed by atoms with Gasteiger partial charge in [-0.05, 0) is 32.6 Å². The largest absolute Gasteiger partial charge is 0.383 e. The molecular weight excluding hydrogens is 232 g/mol. The maximum atomic E-state index is 6.13. The number of thioether (sulfide) groups is 1. The fourth-order valence-electron chi connectivity index (χ4n) is 3.09. The standard InChI is InChI=1S/C13H26N2OS/c1-12(2)9-15(6-7-17-12)13(8-14,10-16-3)11-4-5-11/h11H,4-10,14H2,1-3H3. The first kappa shape index (κ1) is 13.7. The highest BCUT2D eigenvalue weighted by Crippen LogP contribution is 2.45. The van der Waals surface area contributed by atoms with Crippen LogP contribution in [0.4, 0.5) is 0 Å². The summed E-state index contributed by atoms with van der Waals surface area (Å²) < 4.78 is 5.84. The zero-order valence-corrected chi connectivity index (χ0v) is 12.2. The lowest BCUT2D eigenvalue weighted by Gasteiger charge is -2.49. The van der Waals surface area contributed by atoms with E-state index in [9.17, 15) is 0 Å². The van der Waals surface area contributed by atoms with Gasteiger partial charge < -0.3 is 10.5 Å². The number of nitrogens with zero attached hydrogens (tertiary/aromatic N) is 1. The predicted octanol–water partition coefficient (Wildman–Crippen LogP) is 1.57. The van der Waals surface area contributed by atoms with Crippen molar-refractivity contribution in [3.8, 4) is 0 Å². The number of nitrogens with two attached hydrogens (primary N) is 1. The molecule has 0 bridgehead atoms. The molecule has 0 aromatic rings. The predicted molar refractivity (Wildman–Crippen MR) is 74.5 cm³/mol. The van der Waals surface area contributed by atoms with Gasteiger partial charge in [-0.2, -0.15) is 11.8 Å². The lowest BCUT2D eigenvalue weighted by Crippen LogP contribution is -2.63. The van der Waals surface area contributed by atoms with Gasteiger partial charge in [0.05, 0.1) is 12.1 Å². The molecule has 0 spiro atoms. The second kappa shape index (κ2) is 5.08. The van der Waals surface area contributed by atoms with Crippen molar-refractivity contribution in [3.63, 3.8) is 0 Å². The van der Waals surface area contributed by atoms with Gasteiger partial charge in [0, 0.05) is 37.2 Å². The molecule has 3 nitrogen and oxygen atoms in total. The molecule has 1 heterocycles. The van der Waals surface area contributed by atoms with E-state index >= 15 is 0 Å². The third-order valence-electron chi connectivity index (χ3n) is 4.14. The third-order valence-corrected chi connectivity index (χ3v) is 5.44. The monoisotopic (exact) mass is 258 g/mol. The molecule has 2 fully saturated rings. The van der Waals surface area contributed by atoms with Crippen molar-refractivity contribution >= 4 is 11.8 Å². The van der Waals surface area contributed by atoms with Crippen LogP contribution in [0.3, 0.4) is 0 Å². The Morgan fingerprint density at radius 3 is 2.65 bits per heavy atom. The van der Waals surface area contributed by atoms with Crippen molar-refractivity contribution in [1.29, 1.82) is 0 Å². The molecule has 17 heavy (non-hydrogen) atoms. The normalized spacial score (nSPS) is 28.9. The van der Waals surface area contributed by atoms with Gasteiger partial charge in [-0.3, -0.25) is 4.90 Å². The average Bonchev–Trinajstić information content (AvgIpc) is 3.08. The Labute approximate surface area is 109 Å². The zero-order valence-electron chi connectivity index (χ0n) is 11.4. The molecule has 2 rings (SSSR count). The van der Waals surface area contributed by atoms with Crippen molar-refractivity contribution < 1.29 is 4.74 Å². The Kier molecular flexibility index (Phi) is 4.08. The van der Waals surface area contributed by atoms with Crippen LogP contribution < -0.4 is 5.73 Å². The van der Waals surface area contributed by atoms with Gasteiger partial charge in [0.2, 0.25) is 0 Å². The SMILES string of the molecule is COCC(CN)(C1CC1)N1CCSC(C)(C)C1. The zero-order chi connectivity index (χ0) is 12.5. The Balaban J connectivity index is 2.14. The highest BCUT2D eigenvalue weighted by Gasteiger charge is 2.50. The lowest BCUT2D eigenvalue weighted by molar-refractivity contribution is -0.00328.